The zero-order valence-corrected chi connectivity index (χ0v) is 11.0. The Morgan fingerprint density at radius 3 is 3.00 bits per heavy atom. The van der Waals surface area contributed by atoms with Crippen molar-refractivity contribution in [2.45, 2.75) is 6.42 Å². The van der Waals surface area contributed by atoms with Gasteiger partial charge >= 0.3 is 0 Å². The van der Waals surface area contributed by atoms with Gasteiger partial charge in [-0.3, -0.25) is 0 Å². The highest BCUT2D eigenvalue weighted by atomic mass is 35.5. The van der Waals surface area contributed by atoms with Gasteiger partial charge in [-0.05, 0) is 36.2 Å². The van der Waals surface area contributed by atoms with Gasteiger partial charge in [0.15, 0.2) is 0 Å². The van der Waals surface area contributed by atoms with E-state index in [1.54, 1.807) is 0 Å². The summed E-state index contributed by atoms with van der Waals surface area (Å²) in [5.41, 5.74) is 5.64. The Morgan fingerprint density at radius 1 is 1.16 bits per heavy atom. The van der Waals surface area contributed by atoms with Gasteiger partial charge in [-0.1, -0.05) is 23.7 Å². The molecule has 0 aliphatic carbocycles. The molecule has 1 aliphatic rings. The second-order valence-electron chi connectivity index (χ2n) is 4.80. The van der Waals surface area contributed by atoms with E-state index >= 15 is 0 Å². The van der Waals surface area contributed by atoms with E-state index < -0.39 is 0 Å². The van der Waals surface area contributed by atoms with Gasteiger partial charge in [0.1, 0.15) is 5.82 Å². The summed E-state index contributed by atoms with van der Waals surface area (Å²) in [6, 6.07) is 12.0. The van der Waals surface area contributed by atoms with Crippen LogP contribution in [-0.2, 0) is 6.42 Å². The van der Waals surface area contributed by atoms with Crippen LogP contribution >= 0.6 is 11.6 Å². The van der Waals surface area contributed by atoms with E-state index in [-0.39, 0.29) is 0 Å². The number of aromatic nitrogens is 2. The van der Waals surface area contributed by atoms with Crippen molar-refractivity contribution >= 4 is 28.3 Å². The van der Waals surface area contributed by atoms with E-state index in [4.69, 9.17) is 11.6 Å². The number of rotatable bonds is 1. The molecule has 0 bridgehead atoms. The maximum absolute atomic E-state index is 6.02. The lowest BCUT2D eigenvalue weighted by molar-refractivity contribution is 1.11. The largest absolute Gasteiger partial charge is 0.384 e. The van der Waals surface area contributed by atoms with Crippen molar-refractivity contribution < 1.29 is 0 Å². The highest BCUT2D eigenvalue weighted by Crippen LogP contribution is 2.29. The molecule has 19 heavy (non-hydrogen) atoms. The fraction of sp³-hybridized carbons (Fsp3) is 0.133. The molecule has 0 unspecified atom stereocenters. The first-order valence-electron chi connectivity index (χ1n) is 6.32. The summed E-state index contributed by atoms with van der Waals surface area (Å²) in [7, 11) is 0. The first-order valence-corrected chi connectivity index (χ1v) is 6.70. The van der Waals surface area contributed by atoms with Crippen LogP contribution in [0.25, 0.3) is 22.4 Å². The molecular weight excluding hydrogens is 258 g/mol. The van der Waals surface area contributed by atoms with Crippen molar-refractivity contribution in [3.8, 4) is 11.4 Å². The third-order valence-electron chi connectivity index (χ3n) is 3.51. The quantitative estimate of drug-likeness (QED) is 0.704. The molecule has 94 valence electrons. The molecule has 3 nitrogen and oxygen atoms in total. The lowest BCUT2D eigenvalue weighted by Gasteiger charge is -1.97. The number of aromatic amines is 1. The molecule has 0 atom stereocenters. The average Bonchev–Trinajstić information content (AvgIpc) is 3.00. The summed E-state index contributed by atoms with van der Waals surface area (Å²) in [6.45, 7) is 1.02. The topological polar surface area (TPSA) is 40.7 Å². The van der Waals surface area contributed by atoms with Crippen LogP contribution in [0.2, 0.25) is 5.02 Å². The van der Waals surface area contributed by atoms with Crippen LogP contribution in [0.3, 0.4) is 0 Å². The Kier molecular flexibility index (Phi) is 2.29. The van der Waals surface area contributed by atoms with Crippen molar-refractivity contribution in [3.63, 3.8) is 0 Å². The number of hydrogen-bond acceptors (Lipinski definition) is 2. The number of H-pyrrole nitrogens is 1. The van der Waals surface area contributed by atoms with Crippen LogP contribution in [0, 0.1) is 0 Å². The summed E-state index contributed by atoms with van der Waals surface area (Å²) in [5.74, 6) is 0.862. The molecule has 1 aromatic heterocycles. The molecule has 2 N–H and O–H groups in total. The monoisotopic (exact) mass is 269 g/mol. The standard InChI is InChI=1S/C15H12ClN3/c16-11-3-1-2-10(6-11)15-18-13-7-9-4-5-17-12(9)8-14(13)19-15/h1-3,6-8,17H,4-5H2,(H,18,19). The summed E-state index contributed by atoms with van der Waals surface area (Å²) < 4.78 is 0. The molecule has 2 heterocycles. The number of imidazole rings is 1. The molecule has 0 amide bonds. The number of fused-ring (bicyclic) bond motifs is 2. The maximum Gasteiger partial charge on any atom is 0.138 e. The molecule has 0 radical (unpaired) electrons. The fourth-order valence-electron chi connectivity index (χ4n) is 2.58. The molecule has 0 spiro atoms. The molecule has 4 rings (SSSR count). The lowest BCUT2D eigenvalue weighted by Crippen LogP contribution is -1.90. The van der Waals surface area contributed by atoms with E-state index in [0.29, 0.717) is 0 Å². The normalized spacial score (nSPS) is 13.5. The Labute approximate surface area is 115 Å². The minimum absolute atomic E-state index is 0.724. The molecule has 0 saturated carbocycles. The van der Waals surface area contributed by atoms with E-state index in [9.17, 15) is 0 Å². The van der Waals surface area contributed by atoms with Crippen molar-refractivity contribution in [1.82, 2.24) is 9.97 Å². The minimum Gasteiger partial charge on any atom is -0.384 e. The first kappa shape index (κ1) is 10.9. The number of nitrogens with one attached hydrogen (secondary N) is 2. The smallest absolute Gasteiger partial charge is 0.138 e. The number of benzene rings is 2. The van der Waals surface area contributed by atoms with Gasteiger partial charge in [0.05, 0.1) is 11.0 Å². The molecule has 1 aliphatic heterocycles. The van der Waals surface area contributed by atoms with Gasteiger partial charge in [-0.25, -0.2) is 4.98 Å². The van der Waals surface area contributed by atoms with Crippen LogP contribution in [0.1, 0.15) is 5.56 Å². The zero-order valence-electron chi connectivity index (χ0n) is 10.2. The summed E-state index contributed by atoms with van der Waals surface area (Å²) >= 11 is 6.02. The molecule has 0 fully saturated rings. The SMILES string of the molecule is Clc1cccc(-c2nc3cc4c(cc3[nH]2)CCN4)c1. The predicted octanol–water partition coefficient (Wildman–Crippen LogP) is 3.85. The van der Waals surface area contributed by atoms with Crippen molar-refractivity contribution in [2.24, 2.45) is 0 Å². The summed E-state index contributed by atoms with van der Waals surface area (Å²) in [4.78, 5) is 8.02. The van der Waals surface area contributed by atoms with Crippen LogP contribution in [-0.4, -0.2) is 16.5 Å². The number of halogens is 1. The summed E-state index contributed by atoms with van der Waals surface area (Å²) in [5, 5.41) is 4.10. The van der Waals surface area contributed by atoms with Crippen LogP contribution in [0.4, 0.5) is 5.69 Å². The van der Waals surface area contributed by atoms with E-state index in [0.717, 1.165) is 40.4 Å². The molecule has 0 saturated heterocycles. The fourth-order valence-corrected chi connectivity index (χ4v) is 2.77. The Balaban J connectivity index is 1.88. The highest BCUT2D eigenvalue weighted by Gasteiger charge is 2.13. The maximum atomic E-state index is 6.02. The highest BCUT2D eigenvalue weighted by molar-refractivity contribution is 6.30. The third kappa shape index (κ3) is 1.78. The lowest BCUT2D eigenvalue weighted by atomic mass is 10.1. The molecule has 4 heteroatoms. The number of hydrogen-bond donors (Lipinski definition) is 2. The molecule has 3 aromatic rings. The predicted molar refractivity (Wildman–Crippen MR) is 78.7 cm³/mol. The minimum atomic E-state index is 0.724. The van der Waals surface area contributed by atoms with Crippen molar-refractivity contribution in [3.05, 3.63) is 47.0 Å². The zero-order chi connectivity index (χ0) is 12.8. The van der Waals surface area contributed by atoms with Crippen LogP contribution < -0.4 is 5.32 Å². The second kappa shape index (κ2) is 4.00. The van der Waals surface area contributed by atoms with Gasteiger partial charge in [0.25, 0.3) is 0 Å². The van der Waals surface area contributed by atoms with E-state index in [1.165, 1.54) is 11.3 Å². The average molecular weight is 270 g/mol. The van der Waals surface area contributed by atoms with Gasteiger partial charge in [0, 0.05) is 22.8 Å². The van der Waals surface area contributed by atoms with Gasteiger partial charge in [-0.15, -0.1) is 0 Å². The Bertz CT molecular complexity index is 735. The Morgan fingerprint density at radius 2 is 2.11 bits per heavy atom. The molecule has 2 aromatic carbocycles. The van der Waals surface area contributed by atoms with E-state index in [1.807, 2.05) is 24.3 Å². The number of anilines is 1. The summed E-state index contributed by atoms with van der Waals surface area (Å²) in [6.07, 6.45) is 1.08. The van der Waals surface area contributed by atoms with Crippen molar-refractivity contribution in [1.29, 1.82) is 0 Å². The first-order chi connectivity index (χ1) is 9.29. The van der Waals surface area contributed by atoms with Gasteiger partial charge in [-0.2, -0.15) is 0 Å². The van der Waals surface area contributed by atoms with Gasteiger partial charge < -0.3 is 10.3 Å². The molecular formula is C15H12ClN3. The van der Waals surface area contributed by atoms with Gasteiger partial charge in [0.2, 0.25) is 0 Å². The van der Waals surface area contributed by atoms with E-state index in [2.05, 4.69) is 27.4 Å². The number of nitrogens with zero attached hydrogens (tertiary/aromatic N) is 1. The van der Waals surface area contributed by atoms with Crippen molar-refractivity contribution in [2.75, 3.05) is 11.9 Å². The third-order valence-corrected chi connectivity index (χ3v) is 3.75. The Hall–Kier alpha value is -2.00. The second-order valence-corrected chi connectivity index (χ2v) is 5.24. The van der Waals surface area contributed by atoms with Crippen LogP contribution in [0.5, 0.6) is 0 Å². The van der Waals surface area contributed by atoms with Crippen LogP contribution in [0.15, 0.2) is 36.4 Å².